The van der Waals surface area contributed by atoms with Crippen molar-refractivity contribution in [3.8, 4) is 0 Å². The first-order chi connectivity index (χ1) is 11.3. The maximum absolute atomic E-state index is 12.1. The van der Waals surface area contributed by atoms with Crippen molar-refractivity contribution in [2.45, 2.75) is 46.5 Å². The van der Waals surface area contributed by atoms with E-state index in [9.17, 15) is 4.79 Å². The van der Waals surface area contributed by atoms with Crippen molar-refractivity contribution in [2.75, 3.05) is 17.2 Å². The van der Waals surface area contributed by atoms with Gasteiger partial charge in [-0.15, -0.1) is 0 Å². The molecule has 1 amide bonds. The van der Waals surface area contributed by atoms with E-state index < -0.39 is 0 Å². The van der Waals surface area contributed by atoms with Gasteiger partial charge in [0.25, 0.3) is 0 Å². The Morgan fingerprint density at radius 3 is 2.29 bits per heavy atom. The molecule has 128 valence electrons. The molecule has 0 fully saturated rings. The van der Waals surface area contributed by atoms with Gasteiger partial charge in [-0.05, 0) is 54.2 Å². The van der Waals surface area contributed by atoms with Crippen LogP contribution in [0, 0.1) is 13.8 Å². The molecule has 0 aliphatic rings. The molecule has 0 radical (unpaired) electrons. The summed E-state index contributed by atoms with van der Waals surface area (Å²) in [4.78, 5) is 12.1. The highest BCUT2D eigenvalue weighted by atomic mass is 16.1. The molecule has 2 N–H and O–H groups in total. The monoisotopic (exact) mass is 324 g/mol. The molecule has 0 bridgehead atoms. The van der Waals surface area contributed by atoms with E-state index in [1.165, 1.54) is 16.7 Å². The topological polar surface area (TPSA) is 41.1 Å². The largest absolute Gasteiger partial charge is 0.384 e. The van der Waals surface area contributed by atoms with Crippen LogP contribution in [-0.2, 0) is 10.2 Å². The zero-order chi connectivity index (χ0) is 17.7. The number of carbonyl (C=O) groups is 1. The molecular formula is C21H28N2O. The summed E-state index contributed by atoms with van der Waals surface area (Å²) in [7, 11) is 0. The summed E-state index contributed by atoms with van der Waals surface area (Å²) in [6.07, 6.45) is 0.439. The SMILES string of the molecule is Cc1cccc(NCCC(=O)Nc2ccc(C(C)(C)C)cc2)c1C. The van der Waals surface area contributed by atoms with E-state index in [0.717, 1.165) is 11.4 Å². The Kier molecular flexibility index (Phi) is 5.66. The van der Waals surface area contributed by atoms with E-state index >= 15 is 0 Å². The van der Waals surface area contributed by atoms with Gasteiger partial charge in [0.15, 0.2) is 0 Å². The second kappa shape index (κ2) is 7.52. The van der Waals surface area contributed by atoms with Gasteiger partial charge in [-0.1, -0.05) is 45.0 Å². The van der Waals surface area contributed by atoms with Crippen molar-refractivity contribution in [3.05, 3.63) is 59.2 Å². The zero-order valence-corrected chi connectivity index (χ0v) is 15.4. The highest BCUT2D eigenvalue weighted by Gasteiger charge is 2.13. The highest BCUT2D eigenvalue weighted by Crippen LogP contribution is 2.23. The molecule has 3 heteroatoms. The number of benzene rings is 2. The second-order valence-corrected chi connectivity index (χ2v) is 7.30. The van der Waals surface area contributed by atoms with Crippen molar-refractivity contribution in [2.24, 2.45) is 0 Å². The van der Waals surface area contributed by atoms with Gasteiger partial charge in [0.1, 0.15) is 0 Å². The minimum Gasteiger partial charge on any atom is -0.384 e. The van der Waals surface area contributed by atoms with Crippen molar-refractivity contribution in [1.82, 2.24) is 0 Å². The molecule has 2 rings (SSSR count). The number of hydrogen-bond donors (Lipinski definition) is 2. The van der Waals surface area contributed by atoms with Crippen LogP contribution in [0.15, 0.2) is 42.5 Å². The Labute approximate surface area is 145 Å². The van der Waals surface area contributed by atoms with Crippen LogP contribution in [-0.4, -0.2) is 12.5 Å². The third-order valence-electron chi connectivity index (χ3n) is 4.31. The van der Waals surface area contributed by atoms with Crippen LogP contribution in [0.25, 0.3) is 0 Å². The smallest absolute Gasteiger partial charge is 0.226 e. The van der Waals surface area contributed by atoms with Crippen LogP contribution in [0.2, 0.25) is 0 Å². The van der Waals surface area contributed by atoms with E-state index in [1.807, 2.05) is 24.3 Å². The number of hydrogen-bond acceptors (Lipinski definition) is 2. The molecule has 0 aliphatic carbocycles. The Bertz CT molecular complexity index is 697. The molecule has 0 aliphatic heterocycles. The first-order valence-electron chi connectivity index (χ1n) is 8.48. The number of rotatable bonds is 5. The minimum atomic E-state index is 0.0244. The summed E-state index contributed by atoms with van der Waals surface area (Å²) in [6, 6.07) is 14.3. The molecule has 2 aromatic rings. The van der Waals surface area contributed by atoms with Gasteiger partial charge >= 0.3 is 0 Å². The lowest BCUT2D eigenvalue weighted by Gasteiger charge is -2.19. The summed E-state index contributed by atoms with van der Waals surface area (Å²) < 4.78 is 0. The van der Waals surface area contributed by atoms with Crippen LogP contribution < -0.4 is 10.6 Å². The fourth-order valence-electron chi connectivity index (χ4n) is 2.53. The fraction of sp³-hybridized carbons (Fsp3) is 0.381. The lowest BCUT2D eigenvalue weighted by atomic mass is 9.87. The third kappa shape index (κ3) is 4.85. The summed E-state index contributed by atoms with van der Waals surface area (Å²) in [5.41, 5.74) is 5.81. The van der Waals surface area contributed by atoms with Crippen LogP contribution in [0.3, 0.4) is 0 Å². The van der Waals surface area contributed by atoms with E-state index in [0.29, 0.717) is 13.0 Å². The van der Waals surface area contributed by atoms with Gasteiger partial charge in [-0.3, -0.25) is 4.79 Å². The summed E-state index contributed by atoms with van der Waals surface area (Å²) in [5.74, 6) is 0.0244. The fourth-order valence-corrected chi connectivity index (χ4v) is 2.53. The van der Waals surface area contributed by atoms with Crippen LogP contribution >= 0.6 is 0 Å². The van der Waals surface area contributed by atoms with E-state index in [4.69, 9.17) is 0 Å². The molecule has 0 aromatic heterocycles. The molecule has 3 nitrogen and oxygen atoms in total. The first kappa shape index (κ1) is 18.1. The predicted octanol–water partition coefficient (Wildman–Crippen LogP) is 5.04. The normalized spacial score (nSPS) is 11.2. The molecule has 0 heterocycles. The van der Waals surface area contributed by atoms with Crippen LogP contribution in [0.4, 0.5) is 11.4 Å². The molecule has 2 aromatic carbocycles. The van der Waals surface area contributed by atoms with E-state index in [-0.39, 0.29) is 11.3 Å². The average molecular weight is 324 g/mol. The van der Waals surface area contributed by atoms with E-state index in [2.05, 4.69) is 63.5 Å². The lowest BCUT2D eigenvalue weighted by molar-refractivity contribution is -0.115. The zero-order valence-electron chi connectivity index (χ0n) is 15.4. The maximum atomic E-state index is 12.1. The highest BCUT2D eigenvalue weighted by molar-refractivity contribution is 5.91. The predicted molar refractivity (Wildman–Crippen MR) is 103 cm³/mol. The minimum absolute atomic E-state index is 0.0244. The molecule has 0 atom stereocenters. The molecule has 0 saturated heterocycles. The first-order valence-corrected chi connectivity index (χ1v) is 8.48. The Hall–Kier alpha value is -2.29. The summed E-state index contributed by atoms with van der Waals surface area (Å²) in [6.45, 7) is 11.3. The standard InChI is InChI=1S/C21H28N2O/c1-15-7-6-8-19(16(15)2)22-14-13-20(24)23-18-11-9-17(10-12-18)21(3,4)5/h6-12,22H,13-14H2,1-5H3,(H,23,24). The number of amides is 1. The maximum Gasteiger partial charge on any atom is 0.226 e. The average Bonchev–Trinajstić information content (AvgIpc) is 2.51. The third-order valence-corrected chi connectivity index (χ3v) is 4.31. The van der Waals surface area contributed by atoms with Crippen LogP contribution in [0.5, 0.6) is 0 Å². The molecule has 0 saturated carbocycles. The number of nitrogens with one attached hydrogen (secondary N) is 2. The Morgan fingerprint density at radius 2 is 1.67 bits per heavy atom. The molecular weight excluding hydrogens is 296 g/mol. The van der Waals surface area contributed by atoms with Crippen molar-refractivity contribution >= 4 is 17.3 Å². The van der Waals surface area contributed by atoms with Gasteiger partial charge in [0, 0.05) is 24.3 Å². The van der Waals surface area contributed by atoms with Gasteiger partial charge < -0.3 is 10.6 Å². The van der Waals surface area contributed by atoms with Crippen LogP contribution in [0.1, 0.15) is 43.9 Å². The van der Waals surface area contributed by atoms with Gasteiger partial charge in [0.2, 0.25) is 5.91 Å². The number of anilines is 2. The Morgan fingerprint density at radius 1 is 1.00 bits per heavy atom. The molecule has 24 heavy (non-hydrogen) atoms. The molecule has 0 unspecified atom stereocenters. The van der Waals surface area contributed by atoms with E-state index in [1.54, 1.807) is 0 Å². The quantitative estimate of drug-likeness (QED) is 0.809. The number of carbonyl (C=O) groups excluding carboxylic acids is 1. The second-order valence-electron chi connectivity index (χ2n) is 7.30. The molecule has 0 spiro atoms. The summed E-state index contributed by atoms with van der Waals surface area (Å²) >= 11 is 0. The van der Waals surface area contributed by atoms with Gasteiger partial charge in [0.05, 0.1) is 0 Å². The van der Waals surface area contributed by atoms with Crippen molar-refractivity contribution in [3.63, 3.8) is 0 Å². The van der Waals surface area contributed by atoms with Crippen molar-refractivity contribution in [1.29, 1.82) is 0 Å². The summed E-state index contributed by atoms with van der Waals surface area (Å²) in [5, 5.41) is 6.29. The van der Waals surface area contributed by atoms with Gasteiger partial charge in [-0.2, -0.15) is 0 Å². The van der Waals surface area contributed by atoms with Crippen molar-refractivity contribution < 1.29 is 4.79 Å². The number of aryl methyl sites for hydroxylation is 1. The lowest BCUT2D eigenvalue weighted by Crippen LogP contribution is -2.17. The Balaban J connectivity index is 1.84. The van der Waals surface area contributed by atoms with Gasteiger partial charge in [-0.25, -0.2) is 0 Å².